The third-order valence-electron chi connectivity index (χ3n) is 4.07. The summed E-state index contributed by atoms with van der Waals surface area (Å²) in [6.45, 7) is 1.95. The molecule has 0 saturated carbocycles. The third kappa shape index (κ3) is 2.32. The van der Waals surface area contributed by atoms with Crippen LogP contribution in [0.15, 0.2) is 42.6 Å². The number of aryl methyl sites for hydroxylation is 1. The molecule has 6 nitrogen and oxygen atoms in total. The average molecular weight is 401 g/mol. The molecule has 5 rings (SSSR count). The van der Waals surface area contributed by atoms with Crippen molar-refractivity contribution < 1.29 is 0 Å². The maximum Gasteiger partial charge on any atom is 0.235 e. The molecule has 1 aromatic carbocycles. The Morgan fingerprint density at radius 1 is 1.08 bits per heavy atom. The lowest BCUT2D eigenvalue weighted by molar-refractivity contribution is 0.954. The highest BCUT2D eigenvalue weighted by Gasteiger charge is 2.20. The molecular formula is C17H10Cl2N6S. The van der Waals surface area contributed by atoms with E-state index in [1.54, 1.807) is 22.7 Å². The Bertz CT molecular complexity index is 1290. The summed E-state index contributed by atoms with van der Waals surface area (Å²) in [5.41, 5.74) is 3.35. The van der Waals surface area contributed by atoms with Crippen molar-refractivity contribution >= 4 is 45.1 Å². The van der Waals surface area contributed by atoms with Crippen LogP contribution in [0, 0.1) is 6.92 Å². The van der Waals surface area contributed by atoms with E-state index in [4.69, 9.17) is 23.2 Å². The maximum absolute atomic E-state index is 6.32. The lowest BCUT2D eigenvalue weighted by Gasteiger charge is -2.01. The van der Waals surface area contributed by atoms with Gasteiger partial charge in [-0.2, -0.15) is 9.61 Å². The molecule has 0 aliphatic carbocycles. The topological polar surface area (TPSA) is 60.4 Å². The van der Waals surface area contributed by atoms with Crippen LogP contribution >= 0.6 is 34.5 Å². The number of halogens is 2. The van der Waals surface area contributed by atoms with Crippen molar-refractivity contribution in [3.8, 4) is 22.1 Å². The van der Waals surface area contributed by atoms with Crippen LogP contribution in [0.1, 0.15) is 5.69 Å². The minimum absolute atomic E-state index is 0.590. The molecule has 4 heterocycles. The summed E-state index contributed by atoms with van der Waals surface area (Å²) >= 11 is 13.8. The van der Waals surface area contributed by atoms with E-state index in [9.17, 15) is 0 Å². The first-order chi connectivity index (χ1) is 12.6. The Morgan fingerprint density at radius 3 is 2.85 bits per heavy atom. The minimum atomic E-state index is 0.590. The fourth-order valence-corrected chi connectivity index (χ4v) is 4.22. The van der Waals surface area contributed by atoms with E-state index in [0.717, 1.165) is 27.6 Å². The number of benzene rings is 1. The van der Waals surface area contributed by atoms with Crippen molar-refractivity contribution in [2.45, 2.75) is 6.92 Å². The highest BCUT2D eigenvalue weighted by Crippen LogP contribution is 2.34. The number of rotatable bonds is 2. The lowest BCUT2D eigenvalue weighted by Crippen LogP contribution is -1.96. The largest absolute Gasteiger partial charge is 0.297 e. The van der Waals surface area contributed by atoms with Gasteiger partial charge < -0.3 is 0 Å². The highest BCUT2D eigenvalue weighted by atomic mass is 35.5. The lowest BCUT2D eigenvalue weighted by atomic mass is 10.2. The zero-order valence-corrected chi connectivity index (χ0v) is 15.7. The fourth-order valence-electron chi connectivity index (χ4n) is 2.92. The molecule has 0 fully saturated rings. The summed E-state index contributed by atoms with van der Waals surface area (Å²) < 4.78 is 3.71. The van der Waals surface area contributed by atoms with Crippen molar-refractivity contribution in [1.82, 2.24) is 29.2 Å². The van der Waals surface area contributed by atoms with Crippen LogP contribution in [0.2, 0.25) is 10.0 Å². The summed E-state index contributed by atoms with van der Waals surface area (Å²) in [7, 11) is 0. The second-order valence-corrected chi connectivity index (χ2v) is 7.52. The molecule has 128 valence electrons. The fraction of sp³-hybridized carbons (Fsp3) is 0.0588. The second-order valence-electron chi connectivity index (χ2n) is 5.72. The Kier molecular flexibility index (Phi) is 3.49. The highest BCUT2D eigenvalue weighted by molar-refractivity contribution is 7.19. The van der Waals surface area contributed by atoms with Crippen molar-refractivity contribution in [2.24, 2.45) is 0 Å². The molecule has 0 aliphatic rings. The molecule has 0 atom stereocenters. The van der Waals surface area contributed by atoms with Crippen molar-refractivity contribution in [2.75, 3.05) is 0 Å². The van der Waals surface area contributed by atoms with E-state index >= 15 is 0 Å². The SMILES string of the molecule is Cc1nc2ccccn2c1-c1nnc2sc(-c3cc(Cl)ccc3Cl)nn12. The van der Waals surface area contributed by atoms with Gasteiger partial charge >= 0.3 is 0 Å². The van der Waals surface area contributed by atoms with Gasteiger partial charge in [0.25, 0.3) is 0 Å². The zero-order chi connectivity index (χ0) is 17.8. The first kappa shape index (κ1) is 15.7. The van der Waals surface area contributed by atoms with Crippen LogP contribution < -0.4 is 0 Å². The molecule has 0 radical (unpaired) electrons. The van der Waals surface area contributed by atoms with Gasteiger partial charge in [0.05, 0.1) is 10.7 Å². The molecule has 4 aromatic heterocycles. The van der Waals surface area contributed by atoms with Crippen LogP contribution in [0.25, 0.3) is 32.7 Å². The van der Waals surface area contributed by atoms with Gasteiger partial charge in [0, 0.05) is 16.8 Å². The molecule has 0 aliphatic heterocycles. The summed E-state index contributed by atoms with van der Waals surface area (Å²) in [5.74, 6) is 0.636. The van der Waals surface area contributed by atoms with E-state index in [2.05, 4.69) is 20.3 Å². The molecule has 0 saturated heterocycles. The van der Waals surface area contributed by atoms with Gasteiger partial charge in [-0.05, 0) is 37.3 Å². The number of hydrogen-bond acceptors (Lipinski definition) is 5. The molecule has 5 aromatic rings. The van der Waals surface area contributed by atoms with E-state index in [1.807, 2.05) is 35.7 Å². The molecule has 0 spiro atoms. The minimum Gasteiger partial charge on any atom is -0.297 e. The first-order valence-electron chi connectivity index (χ1n) is 7.73. The average Bonchev–Trinajstić information content (AvgIpc) is 3.29. The Hall–Kier alpha value is -2.48. The standard InChI is InChI=1S/C17H10Cl2N6S/c1-9-14(24-7-3-2-4-13(24)20-9)15-21-22-17-25(15)23-16(26-17)11-8-10(18)5-6-12(11)19/h2-8H,1H3. The Morgan fingerprint density at radius 2 is 1.96 bits per heavy atom. The van der Waals surface area contributed by atoms with Crippen LogP contribution in [-0.4, -0.2) is 29.2 Å². The summed E-state index contributed by atoms with van der Waals surface area (Å²) in [6.07, 6.45) is 1.95. The molecule has 26 heavy (non-hydrogen) atoms. The number of pyridine rings is 1. The Balaban J connectivity index is 1.74. The normalized spacial score (nSPS) is 11.7. The van der Waals surface area contributed by atoms with Crippen LogP contribution in [0.4, 0.5) is 0 Å². The predicted molar refractivity (Wildman–Crippen MR) is 103 cm³/mol. The number of hydrogen-bond donors (Lipinski definition) is 0. The molecular weight excluding hydrogens is 391 g/mol. The van der Waals surface area contributed by atoms with Crippen LogP contribution in [0.3, 0.4) is 0 Å². The molecule has 0 unspecified atom stereocenters. The summed E-state index contributed by atoms with van der Waals surface area (Å²) in [4.78, 5) is 5.26. The van der Waals surface area contributed by atoms with E-state index < -0.39 is 0 Å². The van der Waals surface area contributed by atoms with E-state index in [0.29, 0.717) is 20.8 Å². The van der Waals surface area contributed by atoms with Crippen LogP contribution in [-0.2, 0) is 0 Å². The Labute approximate surface area is 161 Å². The molecule has 0 N–H and O–H groups in total. The van der Waals surface area contributed by atoms with Gasteiger partial charge in [0.15, 0.2) is 0 Å². The van der Waals surface area contributed by atoms with Crippen molar-refractivity contribution in [3.05, 3.63) is 58.3 Å². The van der Waals surface area contributed by atoms with Crippen LogP contribution in [0.5, 0.6) is 0 Å². The number of fused-ring (bicyclic) bond motifs is 2. The van der Waals surface area contributed by atoms with E-state index in [-0.39, 0.29) is 0 Å². The van der Waals surface area contributed by atoms with E-state index in [1.165, 1.54) is 11.3 Å². The predicted octanol–water partition coefficient (Wildman–Crippen LogP) is 4.78. The van der Waals surface area contributed by atoms with Gasteiger partial charge in [0.2, 0.25) is 10.8 Å². The third-order valence-corrected chi connectivity index (χ3v) is 5.56. The zero-order valence-electron chi connectivity index (χ0n) is 13.4. The summed E-state index contributed by atoms with van der Waals surface area (Å²) in [5, 5.41) is 15.2. The maximum atomic E-state index is 6.32. The van der Waals surface area contributed by atoms with Gasteiger partial charge in [0.1, 0.15) is 16.3 Å². The van der Waals surface area contributed by atoms with Gasteiger partial charge in [-0.3, -0.25) is 4.40 Å². The molecule has 9 heteroatoms. The smallest absolute Gasteiger partial charge is 0.235 e. The number of imidazole rings is 1. The summed E-state index contributed by atoms with van der Waals surface area (Å²) in [6, 6.07) is 11.2. The van der Waals surface area contributed by atoms with Gasteiger partial charge in [-0.1, -0.05) is 40.6 Å². The monoisotopic (exact) mass is 400 g/mol. The van der Waals surface area contributed by atoms with Gasteiger partial charge in [-0.25, -0.2) is 4.98 Å². The van der Waals surface area contributed by atoms with Gasteiger partial charge in [-0.15, -0.1) is 10.2 Å². The van der Waals surface area contributed by atoms with Crippen molar-refractivity contribution in [1.29, 1.82) is 0 Å². The number of aromatic nitrogens is 6. The molecule has 0 amide bonds. The number of nitrogens with zero attached hydrogens (tertiary/aromatic N) is 6. The second kappa shape index (κ2) is 5.77. The quantitative estimate of drug-likeness (QED) is 0.427. The first-order valence-corrected chi connectivity index (χ1v) is 9.31. The molecule has 0 bridgehead atoms. The van der Waals surface area contributed by atoms with Crippen molar-refractivity contribution in [3.63, 3.8) is 0 Å².